The second-order valence-electron chi connectivity index (χ2n) is 4.01. The van der Waals surface area contributed by atoms with Gasteiger partial charge in [0, 0.05) is 23.1 Å². The zero-order valence-corrected chi connectivity index (χ0v) is 10.9. The quantitative estimate of drug-likeness (QED) is 0.894. The van der Waals surface area contributed by atoms with Crippen molar-refractivity contribution in [3.05, 3.63) is 34.6 Å². The molecule has 0 amide bonds. The van der Waals surface area contributed by atoms with Crippen molar-refractivity contribution in [2.24, 2.45) is 5.73 Å². The van der Waals surface area contributed by atoms with Gasteiger partial charge in [0.15, 0.2) is 0 Å². The maximum absolute atomic E-state index is 13.7. The fraction of sp³-hybridized carbons (Fsp3) is 0.308. The smallest absolute Gasteiger partial charge is 0.137 e. The Bertz CT molecular complexity index is 554. The molecule has 18 heavy (non-hydrogen) atoms. The average Bonchev–Trinajstić information content (AvgIpc) is 2.72. The van der Waals surface area contributed by atoms with Crippen molar-refractivity contribution >= 4 is 11.3 Å². The minimum Gasteiger partial charge on any atom is -0.508 e. The van der Waals surface area contributed by atoms with Crippen molar-refractivity contribution in [2.45, 2.75) is 26.3 Å². The molecule has 0 unspecified atom stereocenters. The van der Waals surface area contributed by atoms with E-state index in [9.17, 15) is 9.50 Å². The molecule has 1 aromatic carbocycles. The molecule has 0 aliphatic carbocycles. The van der Waals surface area contributed by atoms with Crippen LogP contribution in [0.5, 0.6) is 5.75 Å². The van der Waals surface area contributed by atoms with E-state index in [0.717, 1.165) is 29.5 Å². The lowest BCUT2D eigenvalue weighted by Crippen LogP contribution is -1.97. The van der Waals surface area contributed by atoms with E-state index in [1.807, 2.05) is 0 Å². The topological polar surface area (TPSA) is 59.1 Å². The Kier molecular flexibility index (Phi) is 3.93. The van der Waals surface area contributed by atoms with Gasteiger partial charge in [0.25, 0.3) is 0 Å². The summed E-state index contributed by atoms with van der Waals surface area (Å²) in [6, 6.07) is 4.10. The highest BCUT2D eigenvalue weighted by atomic mass is 32.1. The van der Waals surface area contributed by atoms with Crippen LogP contribution in [0.3, 0.4) is 0 Å². The largest absolute Gasteiger partial charge is 0.508 e. The molecule has 2 aromatic rings. The maximum Gasteiger partial charge on any atom is 0.137 e. The lowest BCUT2D eigenvalue weighted by Gasteiger charge is -1.99. The summed E-state index contributed by atoms with van der Waals surface area (Å²) in [4.78, 5) is 5.45. The van der Waals surface area contributed by atoms with E-state index in [1.54, 1.807) is 6.07 Å². The van der Waals surface area contributed by atoms with Crippen molar-refractivity contribution in [1.82, 2.24) is 4.98 Å². The predicted molar refractivity (Wildman–Crippen MR) is 71.1 cm³/mol. The van der Waals surface area contributed by atoms with Gasteiger partial charge in [-0.25, -0.2) is 9.37 Å². The van der Waals surface area contributed by atoms with E-state index in [2.05, 4.69) is 11.9 Å². The van der Waals surface area contributed by atoms with Gasteiger partial charge in [-0.2, -0.15) is 0 Å². The molecule has 0 saturated carbocycles. The van der Waals surface area contributed by atoms with Crippen LogP contribution in [0, 0.1) is 5.82 Å². The first kappa shape index (κ1) is 13.0. The standard InChI is InChI=1S/C13H15FN2OS/c1-2-3-11-12(7-15)18-13(16-11)9-5-4-8(17)6-10(9)14/h4-6,17H,2-3,7,15H2,1H3. The molecule has 1 aromatic heterocycles. The Hall–Kier alpha value is -1.46. The molecule has 0 aliphatic rings. The van der Waals surface area contributed by atoms with Crippen LogP contribution in [0.2, 0.25) is 0 Å². The summed E-state index contributed by atoms with van der Waals surface area (Å²) in [5.74, 6) is -0.545. The first-order valence-corrected chi connectivity index (χ1v) is 6.65. The summed E-state index contributed by atoms with van der Waals surface area (Å²) in [7, 11) is 0. The van der Waals surface area contributed by atoms with Crippen LogP contribution in [0.4, 0.5) is 4.39 Å². The Labute approximate surface area is 109 Å². The third-order valence-corrected chi connectivity index (χ3v) is 3.79. The van der Waals surface area contributed by atoms with Crippen molar-refractivity contribution in [1.29, 1.82) is 0 Å². The van der Waals surface area contributed by atoms with E-state index in [4.69, 9.17) is 5.73 Å². The van der Waals surface area contributed by atoms with E-state index < -0.39 is 5.82 Å². The number of aromatic nitrogens is 1. The number of benzene rings is 1. The highest BCUT2D eigenvalue weighted by Crippen LogP contribution is 2.31. The third-order valence-electron chi connectivity index (χ3n) is 2.63. The van der Waals surface area contributed by atoms with Crippen LogP contribution in [-0.4, -0.2) is 10.1 Å². The number of rotatable bonds is 4. The molecule has 0 aliphatic heterocycles. The summed E-state index contributed by atoms with van der Waals surface area (Å²) in [6.45, 7) is 2.49. The van der Waals surface area contributed by atoms with Gasteiger partial charge in [0.05, 0.1) is 5.69 Å². The number of phenolic OH excluding ortho intramolecular Hbond substituents is 1. The van der Waals surface area contributed by atoms with Crippen molar-refractivity contribution < 1.29 is 9.50 Å². The van der Waals surface area contributed by atoms with Crippen molar-refractivity contribution in [3.8, 4) is 16.3 Å². The molecule has 0 bridgehead atoms. The monoisotopic (exact) mass is 266 g/mol. The molecule has 2 rings (SSSR count). The molecule has 0 spiro atoms. The highest BCUT2D eigenvalue weighted by molar-refractivity contribution is 7.15. The molecule has 3 N–H and O–H groups in total. The number of hydrogen-bond donors (Lipinski definition) is 2. The zero-order chi connectivity index (χ0) is 13.1. The van der Waals surface area contributed by atoms with Crippen LogP contribution in [-0.2, 0) is 13.0 Å². The van der Waals surface area contributed by atoms with Gasteiger partial charge in [-0.3, -0.25) is 0 Å². The molecule has 0 fully saturated rings. The van der Waals surface area contributed by atoms with E-state index in [-0.39, 0.29) is 5.75 Å². The molecule has 0 atom stereocenters. The van der Waals surface area contributed by atoms with Crippen LogP contribution >= 0.6 is 11.3 Å². The van der Waals surface area contributed by atoms with Gasteiger partial charge in [-0.15, -0.1) is 11.3 Å². The first-order chi connectivity index (χ1) is 8.65. The number of nitrogens with two attached hydrogens (primary N) is 1. The molecular weight excluding hydrogens is 251 g/mol. The first-order valence-electron chi connectivity index (χ1n) is 5.83. The molecule has 0 radical (unpaired) electrons. The van der Waals surface area contributed by atoms with Gasteiger partial charge < -0.3 is 10.8 Å². The lowest BCUT2D eigenvalue weighted by molar-refractivity contribution is 0.469. The Balaban J connectivity index is 2.44. The number of hydrogen-bond acceptors (Lipinski definition) is 4. The number of halogens is 1. The van der Waals surface area contributed by atoms with E-state index in [0.29, 0.717) is 17.1 Å². The summed E-state index contributed by atoms with van der Waals surface area (Å²) < 4.78 is 13.7. The van der Waals surface area contributed by atoms with Gasteiger partial charge in [-0.1, -0.05) is 13.3 Å². The summed E-state index contributed by atoms with van der Waals surface area (Å²) in [5, 5.41) is 9.82. The summed E-state index contributed by atoms with van der Waals surface area (Å²) in [5.41, 5.74) is 7.03. The Morgan fingerprint density at radius 1 is 1.44 bits per heavy atom. The molecular formula is C13H15FN2OS. The van der Waals surface area contributed by atoms with Crippen LogP contribution in [0.1, 0.15) is 23.9 Å². The molecule has 3 nitrogen and oxygen atoms in total. The van der Waals surface area contributed by atoms with Crippen LogP contribution < -0.4 is 5.73 Å². The minimum atomic E-state index is -0.463. The van der Waals surface area contributed by atoms with Gasteiger partial charge in [0.2, 0.25) is 0 Å². The maximum atomic E-state index is 13.7. The SMILES string of the molecule is CCCc1nc(-c2ccc(O)cc2F)sc1CN. The fourth-order valence-electron chi connectivity index (χ4n) is 1.77. The number of nitrogens with zero attached hydrogens (tertiary/aromatic N) is 1. The number of aromatic hydroxyl groups is 1. The summed E-state index contributed by atoms with van der Waals surface area (Å²) >= 11 is 1.41. The second kappa shape index (κ2) is 5.46. The fourth-order valence-corrected chi connectivity index (χ4v) is 2.78. The predicted octanol–water partition coefficient (Wildman–Crippen LogP) is 3.07. The molecule has 1 heterocycles. The minimum absolute atomic E-state index is 0.0827. The Morgan fingerprint density at radius 3 is 2.83 bits per heavy atom. The van der Waals surface area contributed by atoms with E-state index >= 15 is 0 Å². The third kappa shape index (κ3) is 2.52. The normalized spacial score (nSPS) is 10.8. The van der Waals surface area contributed by atoms with Gasteiger partial charge >= 0.3 is 0 Å². The molecule has 0 saturated heterocycles. The second-order valence-corrected chi connectivity index (χ2v) is 5.09. The van der Waals surface area contributed by atoms with Crippen LogP contribution in [0.15, 0.2) is 18.2 Å². The van der Waals surface area contributed by atoms with Gasteiger partial charge in [-0.05, 0) is 18.6 Å². The van der Waals surface area contributed by atoms with Crippen molar-refractivity contribution in [2.75, 3.05) is 0 Å². The van der Waals surface area contributed by atoms with Crippen LogP contribution in [0.25, 0.3) is 10.6 Å². The van der Waals surface area contributed by atoms with E-state index in [1.165, 1.54) is 17.4 Å². The number of aryl methyl sites for hydroxylation is 1. The van der Waals surface area contributed by atoms with Crippen molar-refractivity contribution in [3.63, 3.8) is 0 Å². The zero-order valence-electron chi connectivity index (χ0n) is 10.1. The molecule has 5 heteroatoms. The average molecular weight is 266 g/mol. The number of phenols is 1. The summed E-state index contributed by atoms with van der Waals surface area (Å²) in [6.07, 6.45) is 1.83. The highest BCUT2D eigenvalue weighted by Gasteiger charge is 2.14. The number of thiazole rings is 1. The molecule has 96 valence electrons. The van der Waals surface area contributed by atoms with Gasteiger partial charge in [0.1, 0.15) is 16.6 Å². The lowest BCUT2D eigenvalue weighted by atomic mass is 10.2. The Morgan fingerprint density at radius 2 is 2.22 bits per heavy atom.